The standard InChI is InChI=1S/C13H37ClN6P2/c1-15(2)21(16(3)4,17(5)6)13-22(14,18(7)8,19(9)10)20(11)12/h13H,1-12H3. The number of rotatable bonds is 7. The molecule has 0 rings (SSSR count). The SMILES string of the molecule is CN(C)P(=CP(Cl)(N(C)C)(N(C)C)N(C)C)(N(C)C)N(C)C. The Morgan fingerprint density at radius 1 is 0.591 bits per heavy atom. The number of halogens is 1. The van der Waals surface area contributed by atoms with E-state index in [1.807, 2.05) is 0 Å². The first-order chi connectivity index (χ1) is 9.69. The molecule has 0 amide bonds. The van der Waals surface area contributed by atoms with E-state index in [2.05, 4.69) is 118 Å². The normalized spacial score (nSPS) is 16.2. The molecule has 0 atom stereocenters. The maximum atomic E-state index is 7.52. The van der Waals surface area contributed by atoms with E-state index in [0.29, 0.717) is 0 Å². The molecule has 0 aliphatic carbocycles. The van der Waals surface area contributed by atoms with Gasteiger partial charge in [0.05, 0.1) is 0 Å². The first-order valence-electron chi connectivity index (χ1n) is 7.25. The van der Waals surface area contributed by atoms with Gasteiger partial charge >= 0.3 is 143 Å². The summed E-state index contributed by atoms with van der Waals surface area (Å²) in [6, 6.07) is 0. The predicted molar refractivity (Wildman–Crippen MR) is 108 cm³/mol. The molecular formula is C13H37ClN6P2. The summed E-state index contributed by atoms with van der Waals surface area (Å²) in [7, 11) is 23.3. The molecule has 9 heteroatoms. The van der Waals surface area contributed by atoms with Crippen LogP contribution in [0.5, 0.6) is 0 Å². The molecule has 0 N–H and O–H groups in total. The predicted octanol–water partition coefficient (Wildman–Crippen LogP) is 2.33. The summed E-state index contributed by atoms with van der Waals surface area (Å²) >= 11 is 7.52. The fourth-order valence-electron chi connectivity index (χ4n) is 3.03. The Hall–Kier alpha value is 0.780. The first-order valence-corrected chi connectivity index (χ1v) is 12.0. The summed E-state index contributed by atoms with van der Waals surface area (Å²) in [5.41, 5.74) is 2.40. The summed E-state index contributed by atoms with van der Waals surface area (Å²) in [5, 5.41) is 0. The zero-order chi connectivity index (χ0) is 18.1. The van der Waals surface area contributed by atoms with Gasteiger partial charge in [0.15, 0.2) is 0 Å². The van der Waals surface area contributed by atoms with Crippen LogP contribution in [0.4, 0.5) is 0 Å². The van der Waals surface area contributed by atoms with E-state index in [-0.39, 0.29) is 0 Å². The van der Waals surface area contributed by atoms with Gasteiger partial charge in [-0.1, -0.05) is 0 Å². The van der Waals surface area contributed by atoms with Crippen molar-refractivity contribution in [2.45, 2.75) is 0 Å². The van der Waals surface area contributed by atoms with Crippen LogP contribution in [0.2, 0.25) is 0 Å². The molecule has 0 aliphatic rings. The van der Waals surface area contributed by atoms with Gasteiger partial charge in [-0.15, -0.1) is 0 Å². The monoisotopic (exact) mass is 374 g/mol. The van der Waals surface area contributed by atoms with Crippen molar-refractivity contribution in [2.75, 3.05) is 84.6 Å². The fourth-order valence-corrected chi connectivity index (χ4v) is 15.5. The molecule has 0 saturated carbocycles. The van der Waals surface area contributed by atoms with Gasteiger partial charge in [-0.2, -0.15) is 0 Å². The fraction of sp³-hybridized carbons (Fsp3) is 0.923. The third-order valence-corrected chi connectivity index (χ3v) is 18.6. The van der Waals surface area contributed by atoms with Crippen molar-refractivity contribution in [3.8, 4) is 0 Å². The van der Waals surface area contributed by atoms with Gasteiger partial charge in [-0.3, -0.25) is 0 Å². The van der Waals surface area contributed by atoms with Crippen LogP contribution >= 0.6 is 25.0 Å². The Morgan fingerprint density at radius 2 is 0.818 bits per heavy atom. The van der Waals surface area contributed by atoms with Gasteiger partial charge < -0.3 is 0 Å². The zero-order valence-corrected chi connectivity index (χ0v) is 19.1. The second-order valence-corrected chi connectivity index (χ2v) is 17.5. The van der Waals surface area contributed by atoms with E-state index >= 15 is 0 Å². The molecule has 0 aromatic rings. The molecule has 0 heterocycles. The van der Waals surface area contributed by atoms with Crippen LogP contribution in [-0.2, 0) is 0 Å². The van der Waals surface area contributed by atoms with Gasteiger partial charge in [0.25, 0.3) is 0 Å². The Balaban J connectivity index is 7.02. The molecule has 0 bridgehead atoms. The average Bonchev–Trinajstić information content (AvgIpc) is 2.33. The maximum absolute atomic E-state index is 7.52. The van der Waals surface area contributed by atoms with E-state index in [1.165, 1.54) is 0 Å². The Bertz CT molecular complexity index is 381. The summed E-state index contributed by atoms with van der Waals surface area (Å²) in [6.07, 6.45) is -3.08. The second-order valence-electron chi connectivity index (χ2n) is 6.75. The zero-order valence-electron chi connectivity index (χ0n) is 16.5. The van der Waals surface area contributed by atoms with Crippen molar-refractivity contribution in [2.24, 2.45) is 0 Å². The molecule has 6 nitrogen and oxygen atoms in total. The van der Waals surface area contributed by atoms with Crippen molar-refractivity contribution >= 4 is 30.5 Å². The molecule has 0 aliphatic heterocycles. The third kappa shape index (κ3) is 3.28. The van der Waals surface area contributed by atoms with Crippen LogP contribution in [0.15, 0.2) is 0 Å². The molecule has 0 spiro atoms. The van der Waals surface area contributed by atoms with Gasteiger partial charge in [0, 0.05) is 0 Å². The van der Waals surface area contributed by atoms with Crippen molar-refractivity contribution in [1.29, 1.82) is 0 Å². The van der Waals surface area contributed by atoms with Crippen LogP contribution in [-0.4, -0.2) is 118 Å². The molecule has 0 saturated heterocycles. The second kappa shape index (κ2) is 7.35. The van der Waals surface area contributed by atoms with Crippen LogP contribution in [0.25, 0.3) is 0 Å². The van der Waals surface area contributed by atoms with E-state index in [9.17, 15) is 0 Å². The molecule has 0 aromatic carbocycles. The molecule has 0 aromatic heterocycles. The third-order valence-electron chi connectivity index (χ3n) is 4.34. The van der Waals surface area contributed by atoms with E-state index in [0.717, 1.165) is 0 Å². The molecule has 136 valence electrons. The van der Waals surface area contributed by atoms with Gasteiger partial charge in [0.2, 0.25) is 0 Å². The van der Waals surface area contributed by atoms with Crippen molar-refractivity contribution in [1.82, 2.24) is 28.0 Å². The van der Waals surface area contributed by atoms with Gasteiger partial charge in [-0.25, -0.2) is 0 Å². The number of hydrogen-bond donors (Lipinski definition) is 0. The average molecular weight is 375 g/mol. The van der Waals surface area contributed by atoms with Crippen molar-refractivity contribution < 1.29 is 0 Å². The minimum atomic E-state index is -3.08. The minimum absolute atomic E-state index is 1.88. The quantitative estimate of drug-likeness (QED) is 0.632. The van der Waals surface area contributed by atoms with Gasteiger partial charge in [-0.05, 0) is 0 Å². The molecule has 0 unspecified atom stereocenters. The van der Waals surface area contributed by atoms with Crippen molar-refractivity contribution in [3.63, 3.8) is 0 Å². The van der Waals surface area contributed by atoms with Gasteiger partial charge in [0.1, 0.15) is 0 Å². The molecule has 0 radical (unpaired) electrons. The van der Waals surface area contributed by atoms with E-state index in [1.54, 1.807) is 0 Å². The topological polar surface area (TPSA) is 19.4 Å². The Kier molecular flexibility index (Phi) is 7.61. The molecule has 22 heavy (non-hydrogen) atoms. The molecular weight excluding hydrogens is 338 g/mol. The van der Waals surface area contributed by atoms with Crippen molar-refractivity contribution in [3.05, 3.63) is 0 Å². The van der Waals surface area contributed by atoms with E-state index < -0.39 is 13.7 Å². The molecule has 0 fully saturated rings. The Labute approximate surface area is 143 Å². The first kappa shape index (κ1) is 22.8. The summed E-state index contributed by atoms with van der Waals surface area (Å²) in [4.78, 5) is 0. The Morgan fingerprint density at radius 3 is 0.955 bits per heavy atom. The van der Waals surface area contributed by atoms with Crippen LogP contribution in [0.3, 0.4) is 0 Å². The summed E-state index contributed by atoms with van der Waals surface area (Å²) in [6.45, 7) is 0. The van der Waals surface area contributed by atoms with Crippen LogP contribution in [0.1, 0.15) is 0 Å². The summed E-state index contributed by atoms with van der Waals surface area (Å²) < 4.78 is 13.4. The van der Waals surface area contributed by atoms with E-state index in [4.69, 9.17) is 11.2 Å². The summed E-state index contributed by atoms with van der Waals surface area (Å²) in [5.74, 6) is 0. The van der Waals surface area contributed by atoms with Crippen LogP contribution < -0.4 is 0 Å². The van der Waals surface area contributed by atoms with Crippen LogP contribution in [0, 0.1) is 0 Å². The number of hydrogen-bond acceptors (Lipinski definition) is 6. The number of nitrogens with zero attached hydrogens (tertiary/aromatic N) is 6.